The lowest BCUT2D eigenvalue weighted by atomic mass is 9.91. The normalized spacial score (nSPS) is 16.0. The molecular formula is C18H15NO. The van der Waals surface area contributed by atoms with Gasteiger partial charge in [0.05, 0.1) is 5.71 Å². The predicted octanol–water partition coefficient (Wildman–Crippen LogP) is 3.93. The Morgan fingerprint density at radius 1 is 0.950 bits per heavy atom. The van der Waals surface area contributed by atoms with Crippen molar-refractivity contribution in [2.45, 2.75) is 13.8 Å². The highest BCUT2D eigenvalue weighted by Crippen LogP contribution is 2.25. The van der Waals surface area contributed by atoms with Crippen LogP contribution in [-0.4, -0.2) is 11.5 Å². The van der Waals surface area contributed by atoms with Crippen LogP contribution in [0.2, 0.25) is 0 Å². The topological polar surface area (TPSA) is 29.4 Å². The summed E-state index contributed by atoms with van der Waals surface area (Å²) in [6.45, 7) is 3.90. The molecule has 2 heteroatoms. The highest BCUT2D eigenvalue weighted by atomic mass is 16.1. The third-order valence-corrected chi connectivity index (χ3v) is 3.49. The van der Waals surface area contributed by atoms with Crippen molar-refractivity contribution < 1.29 is 4.79 Å². The summed E-state index contributed by atoms with van der Waals surface area (Å²) < 4.78 is 0. The van der Waals surface area contributed by atoms with Gasteiger partial charge in [0, 0.05) is 16.7 Å². The zero-order valence-corrected chi connectivity index (χ0v) is 11.6. The number of allylic oxidation sites excluding steroid dienone is 2. The average molecular weight is 261 g/mol. The number of fused-ring (bicyclic) bond motifs is 1. The Kier molecular flexibility index (Phi) is 3.07. The summed E-state index contributed by atoms with van der Waals surface area (Å²) in [4.78, 5) is 16.9. The van der Waals surface area contributed by atoms with Gasteiger partial charge in [-0.1, -0.05) is 60.2 Å². The van der Waals surface area contributed by atoms with E-state index in [4.69, 9.17) is 0 Å². The molecule has 0 radical (unpaired) electrons. The second-order valence-electron chi connectivity index (χ2n) is 4.88. The summed E-state index contributed by atoms with van der Waals surface area (Å²) in [5, 5.41) is 0. The second kappa shape index (κ2) is 4.89. The Hall–Kier alpha value is -2.48. The molecule has 0 bridgehead atoms. The molecule has 1 aliphatic heterocycles. The number of carbonyl (C=O) groups excluding carboxylic acids is 1. The van der Waals surface area contributed by atoms with Gasteiger partial charge in [0.1, 0.15) is 5.70 Å². The number of hydrogen-bond acceptors (Lipinski definition) is 2. The van der Waals surface area contributed by atoms with Crippen LogP contribution >= 0.6 is 0 Å². The Morgan fingerprint density at radius 3 is 2.25 bits per heavy atom. The van der Waals surface area contributed by atoms with Gasteiger partial charge in [-0.25, -0.2) is 4.99 Å². The van der Waals surface area contributed by atoms with Crippen LogP contribution in [0.15, 0.2) is 65.3 Å². The van der Waals surface area contributed by atoms with Crippen molar-refractivity contribution in [2.24, 2.45) is 4.99 Å². The van der Waals surface area contributed by atoms with E-state index in [0.717, 1.165) is 22.4 Å². The minimum atomic E-state index is -0.000961. The third-order valence-electron chi connectivity index (χ3n) is 3.49. The largest absolute Gasteiger partial charge is 0.287 e. The molecule has 0 aliphatic carbocycles. The first-order valence-electron chi connectivity index (χ1n) is 6.67. The third kappa shape index (κ3) is 1.99. The van der Waals surface area contributed by atoms with Gasteiger partial charge in [0.25, 0.3) is 0 Å². The fourth-order valence-corrected chi connectivity index (χ4v) is 2.38. The number of aliphatic imine (C=N–C) groups is 1. The zero-order valence-electron chi connectivity index (χ0n) is 11.6. The number of benzene rings is 2. The second-order valence-corrected chi connectivity index (χ2v) is 4.88. The van der Waals surface area contributed by atoms with Gasteiger partial charge < -0.3 is 0 Å². The van der Waals surface area contributed by atoms with Crippen LogP contribution in [0, 0.1) is 6.92 Å². The molecule has 2 nitrogen and oxygen atoms in total. The first-order chi connectivity index (χ1) is 9.70. The number of rotatable bonds is 1. The maximum absolute atomic E-state index is 12.3. The molecule has 0 saturated heterocycles. The highest BCUT2D eigenvalue weighted by molar-refractivity contribution is 6.26. The van der Waals surface area contributed by atoms with Crippen LogP contribution in [0.4, 0.5) is 0 Å². The molecule has 0 saturated carbocycles. The molecule has 20 heavy (non-hydrogen) atoms. The summed E-state index contributed by atoms with van der Waals surface area (Å²) in [6, 6.07) is 15.9. The Balaban J connectivity index is 2.23. The van der Waals surface area contributed by atoms with Crippen LogP contribution in [-0.2, 0) is 0 Å². The quantitative estimate of drug-likeness (QED) is 0.715. The van der Waals surface area contributed by atoms with E-state index >= 15 is 0 Å². The lowest BCUT2D eigenvalue weighted by Gasteiger charge is -2.17. The molecule has 1 aliphatic rings. The maximum atomic E-state index is 12.3. The van der Waals surface area contributed by atoms with Gasteiger partial charge in [0.2, 0.25) is 5.78 Å². The molecule has 0 aromatic heterocycles. The van der Waals surface area contributed by atoms with E-state index in [0.29, 0.717) is 5.70 Å². The fourth-order valence-electron chi connectivity index (χ4n) is 2.38. The van der Waals surface area contributed by atoms with Gasteiger partial charge in [-0.05, 0) is 13.8 Å². The predicted molar refractivity (Wildman–Crippen MR) is 81.3 cm³/mol. The summed E-state index contributed by atoms with van der Waals surface area (Å²) in [5.74, 6) is -0.000961. The summed E-state index contributed by atoms with van der Waals surface area (Å²) in [7, 11) is 0. The zero-order chi connectivity index (χ0) is 14.1. The number of carbonyl (C=O) groups is 1. The SMILES string of the molecule is CC=C1N=C(c2ccc(C)cc2)c2ccccc2C1=O. The molecule has 0 unspecified atom stereocenters. The van der Waals surface area contributed by atoms with Crippen LogP contribution in [0.25, 0.3) is 0 Å². The first kappa shape index (κ1) is 12.5. The number of nitrogens with zero attached hydrogens (tertiary/aromatic N) is 1. The van der Waals surface area contributed by atoms with Crippen molar-refractivity contribution in [3.63, 3.8) is 0 Å². The van der Waals surface area contributed by atoms with Crippen LogP contribution in [0.3, 0.4) is 0 Å². The molecule has 98 valence electrons. The van der Waals surface area contributed by atoms with Crippen molar-refractivity contribution in [3.8, 4) is 0 Å². The van der Waals surface area contributed by atoms with E-state index < -0.39 is 0 Å². The van der Waals surface area contributed by atoms with Crippen LogP contribution in [0.5, 0.6) is 0 Å². The molecule has 3 rings (SSSR count). The molecule has 2 aromatic carbocycles. The van der Waals surface area contributed by atoms with Gasteiger partial charge in [-0.3, -0.25) is 4.79 Å². The minimum absolute atomic E-state index is 0.000961. The van der Waals surface area contributed by atoms with Gasteiger partial charge in [-0.2, -0.15) is 0 Å². The monoisotopic (exact) mass is 261 g/mol. The lowest BCUT2D eigenvalue weighted by Crippen LogP contribution is -2.18. The first-order valence-corrected chi connectivity index (χ1v) is 6.67. The average Bonchev–Trinajstić information content (AvgIpc) is 2.49. The number of Topliss-reactive ketones (excluding diaryl/α,β-unsaturated/α-hetero) is 1. The molecule has 0 spiro atoms. The Bertz CT molecular complexity index is 736. The Morgan fingerprint density at radius 2 is 1.60 bits per heavy atom. The van der Waals surface area contributed by atoms with Crippen molar-refractivity contribution >= 4 is 11.5 Å². The van der Waals surface area contributed by atoms with Crippen molar-refractivity contribution in [1.29, 1.82) is 0 Å². The summed E-state index contributed by atoms with van der Waals surface area (Å²) in [6.07, 6.45) is 1.77. The van der Waals surface area contributed by atoms with E-state index in [1.54, 1.807) is 6.08 Å². The fraction of sp³-hybridized carbons (Fsp3) is 0.111. The summed E-state index contributed by atoms with van der Waals surface area (Å²) in [5.41, 5.74) is 5.27. The molecule has 0 amide bonds. The maximum Gasteiger partial charge on any atom is 0.211 e. The molecule has 0 fully saturated rings. The number of aryl methyl sites for hydroxylation is 1. The van der Waals surface area contributed by atoms with Gasteiger partial charge >= 0.3 is 0 Å². The van der Waals surface area contributed by atoms with E-state index in [9.17, 15) is 4.79 Å². The molecule has 1 heterocycles. The van der Waals surface area contributed by atoms with E-state index in [1.165, 1.54) is 5.56 Å². The Labute approximate surface area is 118 Å². The van der Waals surface area contributed by atoms with E-state index in [-0.39, 0.29) is 5.78 Å². The number of hydrogen-bond donors (Lipinski definition) is 0. The highest BCUT2D eigenvalue weighted by Gasteiger charge is 2.24. The van der Waals surface area contributed by atoms with Gasteiger partial charge in [0.15, 0.2) is 0 Å². The van der Waals surface area contributed by atoms with Crippen molar-refractivity contribution in [1.82, 2.24) is 0 Å². The number of ketones is 1. The molecule has 2 aromatic rings. The lowest BCUT2D eigenvalue weighted by molar-refractivity contribution is 0.103. The minimum Gasteiger partial charge on any atom is -0.287 e. The smallest absolute Gasteiger partial charge is 0.211 e. The van der Waals surface area contributed by atoms with Crippen molar-refractivity contribution in [2.75, 3.05) is 0 Å². The van der Waals surface area contributed by atoms with Crippen molar-refractivity contribution in [3.05, 3.63) is 82.6 Å². The van der Waals surface area contributed by atoms with Crippen LogP contribution in [0.1, 0.15) is 34.0 Å². The van der Waals surface area contributed by atoms with E-state index in [2.05, 4.69) is 24.0 Å². The van der Waals surface area contributed by atoms with Crippen LogP contribution < -0.4 is 0 Å². The molecule has 0 N–H and O–H groups in total. The van der Waals surface area contributed by atoms with E-state index in [1.807, 2.05) is 43.3 Å². The van der Waals surface area contributed by atoms with Gasteiger partial charge in [-0.15, -0.1) is 0 Å². The summed E-state index contributed by atoms with van der Waals surface area (Å²) >= 11 is 0. The standard InChI is InChI=1S/C18H15NO/c1-3-16-18(20)15-7-5-4-6-14(15)17(19-16)13-10-8-12(2)9-11-13/h3-11H,1-2H3. The molecule has 0 atom stereocenters. The molecular weight excluding hydrogens is 246 g/mol.